The maximum atomic E-state index is 13.0. The van der Waals surface area contributed by atoms with Crippen LogP contribution in [0.25, 0.3) is 0 Å². The summed E-state index contributed by atoms with van der Waals surface area (Å²) in [7, 11) is 0. The third-order valence-corrected chi connectivity index (χ3v) is 2.70. The molecule has 2 rings (SSSR count). The van der Waals surface area contributed by atoms with Crippen LogP contribution in [0.3, 0.4) is 0 Å². The number of halogens is 1. The van der Waals surface area contributed by atoms with Crippen LogP contribution in [0.15, 0.2) is 23.4 Å². The molecular weight excluding hydrogens is 197 g/mol. The zero-order valence-electron chi connectivity index (χ0n) is 8.20. The molecule has 1 aliphatic carbocycles. The quantitative estimate of drug-likeness (QED) is 0.566. The number of Topliss-reactive ketones (excluding diaryl/α,β-unsaturated/α-hetero) is 1. The molecule has 0 fully saturated rings. The molecule has 3 nitrogen and oxygen atoms in total. The van der Waals surface area contributed by atoms with Gasteiger partial charge in [0, 0.05) is 11.5 Å². The van der Waals surface area contributed by atoms with Crippen LogP contribution in [0.2, 0.25) is 0 Å². The molecule has 0 spiro atoms. The van der Waals surface area contributed by atoms with E-state index < -0.39 is 5.82 Å². The van der Waals surface area contributed by atoms with Crippen molar-refractivity contribution in [2.75, 3.05) is 0 Å². The molecule has 0 radical (unpaired) electrons. The molecule has 4 heteroatoms. The second-order valence-corrected chi connectivity index (χ2v) is 3.51. The Morgan fingerprint density at radius 3 is 2.87 bits per heavy atom. The first-order valence-electron chi connectivity index (χ1n) is 4.75. The van der Waals surface area contributed by atoms with Crippen molar-refractivity contribution in [2.24, 2.45) is 5.16 Å². The summed E-state index contributed by atoms with van der Waals surface area (Å²) in [5, 5.41) is 11.7. The van der Waals surface area contributed by atoms with Crippen molar-refractivity contribution in [1.82, 2.24) is 0 Å². The van der Waals surface area contributed by atoms with Gasteiger partial charge in [0.1, 0.15) is 5.82 Å². The SMILES string of the molecule is CCC1C(=O)/C(=N\O)c2cc(F)ccc21. The molecule has 78 valence electrons. The number of carbonyl (C=O) groups is 1. The first-order chi connectivity index (χ1) is 7.19. The summed E-state index contributed by atoms with van der Waals surface area (Å²) < 4.78 is 13.0. The number of rotatable bonds is 1. The van der Waals surface area contributed by atoms with Crippen LogP contribution in [0.1, 0.15) is 30.4 Å². The predicted molar refractivity (Wildman–Crippen MR) is 52.8 cm³/mol. The Morgan fingerprint density at radius 2 is 2.27 bits per heavy atom. The number of ketones is 1. The molecule has 0 bridgehead atoms. The third-order valence-electron chi connectivity index (χ3n) is 2.70. The van der Waals surface area contributed by atoms with Crippen LogP contribution < -0.4 is 0 Å². The van der Waals surface area contributed by atoms with Crippen molar-refractivity contribution in [3.8, 4) is 0 Å². The summed E-state index contributed by atoms with van der Waals surface area (Å²) in [5.41, 5.74) is 1.13. The molecular formula is C11H10FNO2. The largest absolute Gasteiger partial charge is 0.410 e. The highest BCUT2D eigenvalue weighted by atomic mass is 19.1. The molecule has 0 aliphatic heterocycles. The Balaban J connectivity index is 2.64. The summed E-state index contributed by atoms with van der Waals surface area (Å²) in [5.74, 6) is -0.966. The second kappa shape index (κ2) is 3.46. The Morgan fingerprint density at radius 1 is 1.53 bits per heavy atom. The van der Waals surface area contributed by atoms with E-state index in [0.29, 0.717) is 12.0 Å². The fourth-order valence-electron chi connectivity index (χ4n) is 1.98. The van der Waals surface area contributed by atoms with E-state index in [1.165, 1.54) is 12.1 Å². The lowest BCUT2D eigenvalue weighted by Crippen LogP contribution is -2.12. The Hall–Kier alpha value is -1.71. The van der Waals surface area contributed by atoms with E-state index in [0.717, 1.165) is 5.56 Å². The number of hydrogen-bond donors (Lipinski definition) is 1. The van der Waals surface area contributed by atoms with Gasteiger partial charge in [0.15, 0.2) is 11.5 Å². The van der Waals surface area contributed by atoms with E-state index in [1.54, 1.807) is 6.07 Å². The molecule has 0 saturated carbocycles. The Kier molecular flexibility index (Phi) is 2.26. The van der Waals surface area contributed by atoms with E-state index >= 15 is 0 Å². The molecule has 0 aromatic heterocycles. The lowest BCUT2D eigenvalue weighted by Gasteiger charge is -2.04. The first-order valence-corrected chi connectivity index (χ1v) is 4.75. The first kappa shape index (κ1) is 9.83. The van der Waals surface area contributed by atoms with Crippen LogP contribution in [-0.2, 0) is 4.79 Å². The number of hydrogen-bond acceptors (Lipinski definition) is 3. The van der Waals surface area contributed by atoms with E-state index in [4.69, 9.17) is 5.21 Å². The van der Waals surface area contributed by atoms with Gasteiger partial charge in [0.2, 0.25) is 0 Å². The lowest BCUT2D eigenvalue weighted by atomic mass is 9.98. The van der Waals surface area contributed by atoms with Crippen molar-refractivity contribution < 1.29 is 14.4 Å². The highest BCUT2D eigenvalue weighted by Gasteiger charge is 2.35. The minimum Gasteiger partial charge on any atom is -0.410 e. The van der Waals surface area contributed by atoms with E-state index in [1.807, 2.05) is 6.92 Å². The van der Waals surface area contributed by atoms with Crippen LogP contribution in [0.4, 0.5) is 4.39 Å². The summed E-state index contributed by atoms with van der Waals surface area (Å²) >= 11 is 0. The van der Waals surface area contributed by atoms with Gasteiger partial charge in [-0.3, -0.25) is 4.79 Å². The van der Waals surface area contributed by atoms with Gasteiger partial charge in [0.05, 0.1) is 0 Å². The zero-order valence-corrected chi connectivity index (χ0v) is 8.20. The minimum atomic E-state index is -0.431. The smallest absolute Gasteiger partial charge is 0.192 e. The maximum absolute atomic E-state index is 13.0. The molecule has 0 amide bonds. The average Bonchev–Trinajstić information content (AvgIpc) is 2.48. The molecule has 15 heavy (non-hydrogen) atoms. The Bertz CT molecular complexity index is 454. The predicted octanol–water partition coefficient (Wildman–Crippen LogP) is 2.08. The molecule has 1 unspecified atom stereocenters. The third kappa shape index (κ3) is 1.33. The van der Waals surface area contributed by atoms with Crippen LogP contribution in [0, 0.1) is 5.82 Å². The molecule has 0 saturated heterocycles. The second-order valence-electron chi connectivity index (χ2n) is 3.51. The minimum absolute atomic E-state index is 0.0312. The standard InChI is InChI=1S/C11H10FNO2/c1-2-7-8-4-3-6(12)5-9(8)10(13-15)11(7)14/h3-5,7,15H,2H2,1H3/b13-10-. The van der Waals surface area contributed by atoms with Gasteiger partial charge in [-0.05, 0) is 24.1 Å². The molecule has 1 aliphatic rings. The Labute approximate surface area is 86.2 Å². The summed E-state index contributed by atoms with van der Waals surface area (Å²) in [6.45, 7) is 1.87. The van der Waals surface area contributed by atoms with Gasteiger partial charge in [0.25, 0.3) is 0 Å². The van der Waals surface area contributed by atoms with E-state index in [2.05, 4.69) is 5.16 Å². The monoisotopic (exact) mass is 207 g/mol. The normalized spacial score (nSPS) is 22.1. The topological polar surface area (TPSA) is 49.7 Å². The summed E-state index contributed by atoms with van der Waals surface area (Å²) in [4.78, 5) is 11.7. The number of nitrogens with zero attached hydrogens (tertiary/aromatic N) is 1. The van der Waals surface area contributed by atoms with Gasteiger partial charge < -0.3 is 5.21 Å². The fraction of sp³-hybridized carbons (Fsp3) is 0.273. The zero-order chi connectivity index (χ0) is 11.0. The molecule has 1 aromatic rings. The number of carbonyl (C=O) groups excluding carboxylic acids is 1. The highest BCUT2D eigenvalue weighted by molar-refractivity contribution is 6.51. The van der Waals surface area contributed by atoms with Gasteiger partial charge in [-0.25, -0.2) is 4.39 Å². The van der Waals surface area contributed by atoms with Crippen LogP contribution in [0.5, 0.6) is 0 Å². The lowest BCUT2D eigenvalue weighted by molar-refractivity contribution is -0.114. The summed E-state index contributed by atoms with van der Waals surface area (Å²) in [6, 6.07) is 4.13. The number of benzene rings is 1. The highest BCUT2D eigenvalue weighted by Crippen LogP contribution is 2.33. The van der Waals surface area contributed by atoms with Gasteiger partial charge >= 0.3 is 0 Å². The number of oxime groups is 1. The van der Waals surface area contributed by atoms with E-state index in [9.17, 15) is 9.18 Å². The molecule has 1 aromatic carbocycles. The van der Waals surface area contributed by atoms with Crippen molar-refractivity contribution >= 4 is 11.5 Å². The number of fused-ring (bicyclic) bond motifs is 1. The van der Waals surface area contributed by atoms with Crippen molar-refractivity contribution in [3.63, 3.8) is 0 Å². The van der Waals surface area contributed by atoms with E-state index in [-0.39, 0.29) is 17.4 Å². The molecule has 0 heterocycles. The van der Waals surface area contributed by atoms with Crippen LogP contribution >= 0.6 is 0 Å². The summed E-state index contributed by atoms with van der Waals surface area (Å²) in [6.07, 6.45) is 0.622. The van der Waals surface area contributed by atoms with Crippen LogP contribution in [-0.4, -0.2) is 16.7 Å². The maximum Gasteiger partial charge on any atom is 0.192 e. The molecule has 1 atom stereocenters. The fourth-order valence-corrected chi connectivity index (χ4v) is 1.98. The van der Waals surface area contributed by atoms with Crippen molar-refractivity contribution in [3.05, 3.63) is 35.1 Å². The average molecular weight is 207 g/mol. The van der Waals surface area contributed by atoms with Crippen molar-refractivity contribution in [2.45, 2.75) is 19.3 Å². The molecule has 1 N–H and O–H groups in total. The van der Waals surface area contributed by atoms with Gasteiger partial charge in [-0.1, -0.05) is 18.1 Å². The van der Waals surface area contributed by atoms with Gasteiger partial charge in [-0.2, -0.15) is 0 Å². The van der Waals surface area contributed by atoms with Crippen molar-refractivity contribution in [1.29, 1.82) is 0 Å². The van der Waals surface area contributed by atoms with Gasteiger partial charge in [-0.15, -0.1) is 0 Å².